The molecule has 0 aliphatic heterocycles. The van der Waals surface area contributed by atoms with Crippen LogP contribution in [0, 0.1) is 0 Å². The third-order valence-electron chi connectivity index (χ3n) is 1.95. The van der Waals surface area contributed by atoms with E-state index in [4.69, 9.17) is 5.73 Å². The SMILES string of the molecule is C[C@@H](N)c1cnn2ccccc12.Cl. The van der Waals surface area contributed by atoms with Crippen LogP contribution in [0.2, 0.25) is 0 Å². The Morgan fingerprint density at radius 3 is 2.92 bits per heavy atom. The first-order valence-corrected chi connectivity index (χ1v) is 3.97. The average molecular weight is 198 g/mol. The Morgan fingerprint density at radius 2 is 2.23 bits per heavy atom. The average Bonchev–Trinajstić information content (AvgIpc) is 2.47. The normalized spacial score (nSPS) is 12.5. The van der Waals surface area contributed by atoms with E-state index in [0.29, 0.717) is 0 Å². The lowest BCUT2D eigenvalue weighted by Crippen LogP contribution is -2.03. The summed E-state index contributed by atoms with van der Waals surface area (Å²) in [5, 5.41) is 4.18. The second-order valence-corrected chi connectivity index (χ2v) is 2.92. The van der Waals surface area contributed by atoms with Crippen molar-refractivity contribution in [3.05, 3.63) is 36.2 Å². The van der Waals surface area contributed by atoms with E-state index in [2.05, 4.69) is 5.10 Å². The molecule has 0 radical (unpaired) electrons. The number of hydrogen-bond donors (Lipinski definition) is 1. The van der Waals surface area contributed by atoms with Gasteiger partial charge in [-0.3, -0.25) is 0 Å². The zero-order valence-corrected chi connectivity index (χ0v) is 8.16. The van der Waals surface area contributed by atoms with Crippen molar-refractivity contribution in [2.75, 3.05) is 0 Å². The molecule has 0 aliphatic carbocycles. The van der Waals surface area contributed by atoms with Crippen LogP contribution in [0.15, 0.2) is 30.6 Å². The maximum atomic E-state index is 5.77. The van der Waals surface area contributed by atoms with E-state index in [1.54, 1.807) is 0 Å². The van der Waals surface area contributed by atoms with Gasteiger partial charge in [0, 0.05) is 17.8 Å². The standard InChI is InChI=1S/C9H11N3.ClH/c1-7(10)8-6-11-12-5-3-2-4-9(8)12;/h2-7H,10H2,1H3;1H/t7-;/m1./s1. The molecule has 0 aromatic carbocycles. The molecule has 4 heteroatoms. The van der Waals surface area contributed by atoms with Crippen LogP contribution in [-0.2, 0) is 0 Å². The van der Waals surface area contributed by atoms with Crippen molar-refractivity contribution in [1.29, 1.82) is 0 Å². The van der Waals surface area contributed by atoms with Gasteiger partial charge >= 0.3 is 0 Å². The van der Waals surface area contributed by atoms with Gasteiger partial charge in [0.1, 0.15) is 0 Å². The Kier molecular flexibility index (Phi) is 2.90. The zero-order valence-electron chi connectivity index (χ0n) is 7.34. The molecule has 2 N–H and O–H groups in total. The first-order valence-electron chi connectivity index (χ1n) is 3.97. The van der Waals surface area contributed by atoms with E-state index in [1.165, 1.54) is 0 Å². The minimum atomic E-state index is 0. The van der Waals surface area contributed by atoms with Gasteiger partial charge in [0.25, 0.3) is 0 Å². The number of rotatable bonds is 1. The van der Waals surface area contributed by atoms with Gasteiger partial charge in [-0.1, -0.05) is 6.07 Å². The molecule has 2 heterocycles. The Balaban J connectivity index is 0.000000845. The van der Waals surface area contributed by atoms with E-state index < -0.39 is 0 Å². The van der Waals surface area contributed by atoms with Crippen LogP contribution in [0.5, 0.6) is 0 Å². The molecule has 0 unspecified atom stereocenters. The van der Waals surface area contributed by atoms with Gasteiger partial charge in [-0.05, 0) is 19.1 Å². The highest BCUT2D eigenvalue weighted by Crippen LogP contribution is 2.15. The summed E-state index contributed by atoms with van der Waals surface area (Å²) in [6.45, 7) is 1.96. The summed E-state index contributed by atoms with van der Waals surface area (Å²) in [6.07, 6.45) is 3.74. The number of hydrogen-bond acceptors (Lipinski definition) is 2. The fourth-order valence-electron chi connectivity index (χ4n) is 1.31. The molecular weight excluding hydrogens is 186 g/mol. The monoisotopic (exact) mass is 197 g/mol. The quantitative estimate of drug-likeness (QED) is 0.758. The Labute approximate surface area is 83.0 Å². The summed E-state index contributed by atoms with van der Waals surface area (Å²) in [6, 6.07) is 6.00. The van der Waals surface area contributed by atoms with Crippen LogP contribution >= 0.6 is 12.4 Å². The molecule has 2 aromatic heterocycles. The van der Waals surface area contributed by atoms with Gasteiger partial charge in [-0.25, -0.2) is 4.52 Å². The summed E-state index contributed by atoms with van der Waals surface area (Å²) >= 11 is 0. The van der Waals surface area contributed by atoms with Crippen molar-refractivity contribution in [2.24, 2.45) is 5.73 Å². The van der Waals surface area contributed by atoms with Crippen molar-refractivity contribution in [2.45, 2.75) is 13.0 Å². The Bertz CT molecular complexity index is 394. The molecule has 2 rings (SSSR count). The van der Waals surface area contributed by atoms with E-state index in [1.807, 2.05) is 42.0 Å². The minimum Gasteiger partial charge on any atom is -0.324 e. The molecule has 13 heavy (non-hydrogen) atoms. The van der Waals surface area contributed by atoms with Gasteiger partial charge in [-0.15, -0.1) is 12.4 Å². The molecule has 0 amide bonds. The number of nitrogens with zero attached hydrogens (tertiary/aromatic N) is 2. The molecule has 0 saturated carbocycles. The van der Waals surface area contributed by atoms with Gasteiger partial charge in [0.15, 0.2) is 0 Å². The van der Waals surface area contributed by atoms with Crippen molar-refractivity contribution in [1.82, 2.24) is 9.61 Å². The molecule has 0 bridgehead atoms. The van der Waals surface area contributed by atoms with E-state index in [0.717, 1.165) is 11.1 Å². The fourth-order valence-corrected chi connectivity index (χ4v) is 1.31. The maximum Gasteiger partial charge on any atom is 0.0709 e. The van der Waals surface area contributed by atoms with E-state index in [9.17, 15) is 0 Å². The van der Waals surface area contributed by atoms with Gasteiger partial charge in [0.2, 0.25) is 0 Å². The largest absolute Gasteiger partial charge is 0.324 e. The maximum absolute atomic E-state index is 5.77. The minimum absolute atomic E-state index is 0. The molecule has 3 nitrogen and oxygen atoms in total. The topological polar surface area (TPSA) is 43.3 Å². The van der Waals surface area contributed by atoms with Gasteiger partial charge < -0.3 is 5.73 Å². The van der Waals surface area contributed by atoms with Crippen molar-refractivity contribution >= 4 is 17.9 Å². The number of fused-ring (bicyclic) bond motifs is 1. The van der Waals surface area contributed by atoms with Crippen LogP contribution in [0.4, 0.5) is 0 Å². The summed E-state index contributed by atoms with van der Waals surface area (Å²) in [5.74, 6) is 0. The van der Waals surface area contributed by atoms with E-state index >= 15 is 0 Å². The first kappa shape index (κ1) is 10.0. The first-order chi connectivity index (χ1) is 5.79. The van der Waals surface area contributed by atoms with E-state index in [-0.39, 0.29) is 18.4 Å². The highest BCUT2D eigenvalue weighted by Gasteiger charge is 2.05. The number of pyridine rings is 1. The third kappa shape index (κ3) is 1.66. The summed E-state index contributed by atoms with van der Waals surface area (Å²) in [4.78, 5) is 0. The summed E-state index contributed by atoms with van der Waals surface area (Å²) in [7, 11) is 0. The Morgan fingerprint density at radius 1 is 1.46 bits per heavy atom. The lowest BCUT2D eigenvalue weighted by molar-refractivity contribution is 0.826. The van der Waals surface area contributed by atoms with Crippen LogP contribution in [0.1, 0.15) is 18.5 Å². The third-order valence-corrected chi connectivity index (χ3v) is 1.95. The molecular formula is C9H12ClN3. The van der Waals surface area contributed by atoms with Crippen molar-refractivity contribution in [3.63, 3.8) is 0 Å². The number of halogens is 1. The van der Waals surface area contributed by atoms with Crippen LogP contribution in [0.3, 0.4) is 0 Å². The van der Waals surface area contributed by atoms with Gasteiger partial charge in [0.05, 0.1) is 11.7 Å². The molecule has 1 atom stereocenters. The summed E-state index contributed by atoms with van der Waals surface area (Å²) in [5.41, 5.74) is 7.95. The van der Waals surface area contributed by atoms with Crippen LogP contribution < -0.4 is 5.73 Å². The zero-order chi connectivity index (χ0) is 8.55. The predicted molar refractivity (Wildman–Crippen MR) is 55.0 cm³/mol. The highest BCUT2D eigenvalue weighted by molar-refractivity contribution is 5.85. The molecule has 0 spiro atoms. The van der Waals surface area contributed by atoms with Gasteiger partial charge in [-0.2, -0.15) is 5.10 Å². The predicted octanol–water partition coefficient (Wildman–Crippen LogP) is 1.78. The highest BCUT2D eigenvalue weighted by atomic mass is 35.5. The van der Waals surface area contributed by atoms with Crippen LogP contribution in [-0.4, -0.2) is 9.61 Å². The molecule has 2 aromatic rings. The smallest absolute Gasteiger partial charge is 0.0709 e. The summed E-state index contributed by atoms with van der Waals surface area (Å²) < 4.78 is 1.83. The molecule has 0 saturated heterocycles. The second-order valence-electron chi connectivity index (χ2n) is 2.92. The molecule has 0 aliphatic rings. The van der Waals surface area contributed by atoms with Crippen LogP contribution in [0.25, 0.3) is 5.52 Å². The van der Waals surface area contributed by atoms with Crippen molar-refractivity contribution in [3.8, 4) is 0 Å². The molecule has 0 fully saturated rings. The second kappa shape index (κ2) is 3.77. The number of aromatic nitrogens is 2. The lowest BCUT2D eigenvalue weighted by Gasteiger charge is -2.00. The Hall–Kier alpha value is -1.06. The van der Waals surface area contributed by atoms with Crippen molar-refractivity contribution < 1.29 is 0 Å². The number of nitrogens with two attached hydrogens (primary N) is 1. The lowest BCUT2D eigenvalue weighted by atomic mass is 10.1. The molecule has 70 valence electrons. The fraction of sp³-hybridized carbons (Fsp3) is 0.222.